The Kier molecular flexibility index (Phi) is 8.76. The zero-order valence-corrected chi connectivity index (χ0v) is 15.1. The topological polar surface area (TPSA) is 48.9 Å². The van der Waals surface area contributed by atoms with Crippen molar-refractivity contribution in [3.05, 3.63) is 0 Å². The van der Waals surface area contributed by atoms with Crippen LogP contribution in [0.4, 0.5) is 0 Å². The number of likely N-dealkylation sites (tertiary alicyclic amines) is 1. The van der Waals surface area contributed by atoms with Crippen LogP contribution in [0.2, 0.25) is 0 Å². The maximum Gasteiger partial charge on any atom is 0.191 e. The van der Waals surface area contributed by atoms with Crippen molar-refractivity contribution >= 4 is 5.96 Å². The first-order chi connectivity index (χ1) is 11.3. The summed E-state index contributed by atoms with van der Waals surface area (Å²) in [5.74, 6) is 0.939. The van der Waals surface area contributed by atoms with Crippen LogP contribution in [-0.4, -0.2) is 62.3 Å². The van der Waals surface area contributed by atoms with Crippen LogP contribution in [0.3, 0.4) is 0 Å². The molecular formula is C18H36N4O. The smallest absolute Gasteiger partial charge is 0.191 e. The normalized spacial score (nSPS) is 26.4. The number of rotatable bonds is 8. The minimum atomic E-state index is 0.325. The molecule has 2 aliphatic heterocycles. The van der Waals surface area contributed by atoms with Gasteiger partial charge in [-0.1, -0.05) is 6.42 Å². The fourth-order valence-electron chi connectivity index (χ4n) is 3.46. The summed E-state index contributed by atoms with van der Waals surface area (Å²) in [4.78, 5) is 7.31. The van der Waals surface area contributed by atoms with Crippen LogP contribution in [0.15, 0.2) is 4.99 Å². The van der Waals surface area contributed by atoms with Gasteiger partial charge in [0, 0.05) is 25.7 Å². The van der Waals surface area contributed by atoms with Crippen molar-refractivity contribution in [3.8, 4) is 0 Å². The predicted molar refractivity (Wildman–Crippen MR) is 97.1 cm³/mol. The van der Waals surface area contributed by atoms with E-state index < -0.39 is 0 Å². The molecule has 0 amide bonds. The largest absolute Gasteiger partial charge is 0.376 e. The lowest BCUT2D eigenvalue weighted by Gasteiger charge is -2.33. The van der Waals surface area contributed by atoms with E-state index in [1.54, 1.807) is 0 Å². The molecular weight excluding hydrogens is 288 g/mol. The van der Waals surface area contributed by atoms with Crippen LogP contribution in [0.5, 0.6) is 0 Å². The van der Waals surface area contributed by atoms with Crippen LogP contribution in [0.25, 0.3) is 0 Å². The van der Waals surface area contributed by atoms with Gasteiger partial charge >= 0.3 is 0 Å². The van der Waals surface area contributed by atoms with E-state index in [1.165, 1.54) is 51.6 Å². The Bertz CT molecular complexity index is 342. The fourth-order valence-corrected chi connectivity index (χ4v) is 3.46. The van der Waals surface area contributed by atoms with Gasteiger partial charge in [0.05, 0.1) is 12.6 Å². The summed E-state index contributed by atoms with van der Waals surface area (Å²) >= 11 is 0. The lowest BCUT2D eigenvalue weighted by atomic mass is 10.0. The summed E-state index contributed by atoms with van der Waals surface area (Å²) in [6.07, 6.45) is 9.28. The number of unbranched alkanes of at least 4 members (excludes halogenated alkanes) is 1. The molecule has 2 N–H and O–H groups in total. The number of aliphatic imine (C=N–C) groups is 1. The molecule has 2 unspecified atom stereocenters. The van der Waals surface area contributed by atoms with Gasteiger partial charge in [-0.2, -0.15) is 0 Å². The molecule has 2 aliphatic rings. The SMILES string of the molecule is CCNC(=NCC1CCCO1)NCCCCN1CCCCC1C. The molecule has 0 bridgehead atoms. The van der Waals surface area contributed by atoms with Gasteiger partial charge in [-0.25, -0.2) is 0 Å². The zero-order chi connectivity index (χ0) is 16.3. The van der Waals surface area contributed by atoms with Crippen LogP contribution >= 0.6 is 0 Å². The lowest BCUT2D eigenvalue weighted by molar-refractivity contribution is 0.117. The molecule has 0 radical (unpaired) electrons. The van der Waals surface area contributed by atoms with Crippen molar-refractivity contribution in [1.29, 1.82) is 0 Å². The second-order valence-corrected chi connectivity index (χ2v) is 6.87. The van der Waals surface area contributed by atoms with Gasteiger partial charge in [-0.05, 0) is 65.5 Å². The third-order valence-corrected chi connectivity index (χ3v) is 4.93. The number of hydrogen-bond donors (Lipinski definition) is 2. The van der Waals surface area contributed by atoms with Crippen molar-refractivity contribution in [3.63, 3.8) is 0 Å². The summed E-state index contributed by atoms with van der Waals surface area (Å²) in [5, 5.41) is 6.79. The first-order valence-electron chi connectivity index (χ1n) is 9.67. The molecule has 2 rings (SSSR count). The van der Waals surface area contributed by atoms with Crippen LogP contribution in [0, 0.1) is 0 Å². The van der Waals surface area contributed by atoms with Crippen LogP contribution in [0.1, 0.15) is 58.8 Å². The number of piperidine rings is 1. The molecule has 0 spiro atoms. The fraction of sp³-hybridized carbons (Fsp3) is 0.944. The van der Waals surface area contributed by atoms with Gasteiger partial charge in [0.1, 0.15) is 0 Å². The number of nitrogens with zero attached hydrogens (tertiary/aromatic N) is 2. The molecule has 0 aromatic heterocycles. The van der Waals surface area contributed by atoms with E-state index in [0.717, 1.165) is 44.7 Å². The molecule has 5 nitrogen and oxygen atoms in total. The first kappa shape index (κ1) is 18.5. The maximum atomic E-state index is 5.63. The van der Waals surface area contributed by atoms with E-state index in [0.29, 0.717) is 6.10 Å². The van der Waals surface area contributed by atoms with E-state index in [4.69, 9.17) is 4.74 Å². The van der Waals surface area contributed by atoms with Crippen LogP contribution in [-0.2, 0) is 4.74 Å². The van der Waals surface area contributed by atoms with E-state index in [-0.39, 0.29) is 0 Å². The zero-order valence-electron chi connectivity index (χ0n) is 15.1. The van der Waals surface area contributed by atoms with Gasteiger partial charge in [-0.3, -0.25) is 4.99 Å². The van der Waals surface area contributed by atoms with Gasteiger partial charge in [0.15, 0.2) is 5.96 Å². The number of nitrogens with one attached hydrogen (secondary N) is 2. The molecule has 134 valence electrons. The summed E-state index contributed by atoms with van der Waals surface area (Å²) in [7, 11) is 0. The Balaban J connectivity index is 1.58. The molecule has 0 aromatic rings. The molecule has 0 aromatic carbocycles. The van der Waals surface area contributed by atoms with E-state index in [9.17, 15) is 0 Å². The molecule has 23 heavy (non-hydrogen) atoms. The second kappa shape index (κ2) is 10.9. The average Bonchev–Trinajstić information content (AvgIpc) is 3.07. The summed E-state index contributed by atoms with van der Waals surface area (Å²) in [6.45, 7) is 10.6. The quantitative estimate of drug-likeness (QED) is 0.409. The molecule has 2 atom stereocenters. The average molecular weight is 325 g/mol. The number of ether oxygens (including phenoxy) is 1. The van der Waals surface area contributed by atoms with Gasteiger partial charge in [0.2, 0.25) is 0 Å². The summed E-state index contributed by atoms with van der Waals surface area (Å²) < 4.78 is 5.63. The third kappa shape index (κ3) is 7.08. The van der Waals surface area contributed by atoms with Crippen molar-refractivity contribution in [2.45, 2.75) is 70.9 Å². The summed E-state index contributed by atoms with van der Waals surface area (Å²) in [5.41, 5.74) is 0. The van der Waals surface area contributed by atoms with Crippen molar-refractivity contribution < 1.29 is 4.74 Å². The molecule has 2 fully saturated rings. The first-order valence-corrected chi connectivity index (χ1v) is 9.67. The Morgan fingerprint density at radius 1 is 1.17 bits per heavy atom. The van der Waals surface area contributed by atoms with Crippen LogP contribution < -0.4 is 10.6 Å². The molecule has 0 saturated carbocycles. The van der Waals surface area contributed by atoms with Gasteiger partial charge in [0.25, 0.3) is 0 Å². The minimum Gasteiger partial charge on any atom is -0.376 e. The highest BCUT2D eigenvalue weighted by Gasteiger charge is 2.17. The summed E-state index contributed by atoms with van der Waals surface area (Å²) in [6, 6.07) is 0.780. The molecule has 0 aliphatic carbocycles. The minimum absolute atomic E-state index is 0.325. The van der Waals surface area contributed by atoms with E-state index in [1.807, 2.05) is 0 Å². The Hall–Kier alpha value is -0.810. The maximum absolute atomic E-state index is 5.63. The van der Waals surface area contributed by atoms with Crippen molar-refractivity contribution in [1.82, 2.24) is 15.5 Å². The molecule has 5 heteroatoms. The van der Waals surface area contributed by atoms with Crippen molar-refractivity contribution in [2.75, 3.05) is 39.3 Å². The Morgan fingerprint density at radius 3 is 2.83 bits per heavy atom. The highest BCUT2D eigenvalue weighted by molar-refractivity contribution is 5.79. The van der Waals surface area contributed by atoms with E-state index >= 15 is 0 Å². The lowest BCUT2D eigenvalue weighted by Crippen LogP contribution is -2.39. The second-order valence-electron chi connectivity index (χ2n) is 6.87. The Morgan fingerprint density at radius 2 is 2.09 bits per heavy atom. The Labute approximate surface area is 142 Å². The number of guanidine groups is 1. The van der Waals surface area contributed by atoms with Crippen molar-refractivity contribution in [2.24, 2.45) is 4.99 Å². The highest BCUT2D eigenvalue weighted by Crippen LogP contribution is 2.16. The third-order valence-electron chi connectivity index (χ3n) is 4.93. The van der Waals surface area contributed by atoms with Gasteiger partial charge in [-0.15, -0.1) is 0 Å². The molecule has 2 heterocycles. The monoisotopic (exact) mass is 324 g/mol. The highest BCUT2D eigenvalue weighted by atomic mass is 16.5. The molecule has 2 saturated heterocycles. The van der Waals surface area contributed by atoms with Gasteiger partial charge < -0.3 is 20.3 Å². The van der Waals surface area contributed by atoms with E-state index in [2.05, 4.69) is 34.4 Å². The predicted octanol–water partition coefficient (Wildman–Crippen LogP) is 2.38. The number of hydrogen-bond acceptors (Lipinski definition) is 3. The standard InChI is InChI=1S/C18H36N4O/c1-3-19-18(21-15-17-10-8-14-23-17)20-11-5-7-13-22-12-6-4-9-16(22)2/h16-17H,3-15H2,1-2H3,(H2,19,20,21).